The van der Waals surface area contributed by atoms with Crippen LogP contribution in [0, 0.1) is 5.82 Å². The van der Waals surface area contributed by atoms with E-state index >= 15 is 0 Å². The van der Waals surface area contributed by atoms with Gasteiger partial charge in [0.2, 0.25) is 0 Å². The Morgan fingerprint density at radius 2 is 1.65 bits per heavy atom. The topological polar surface area (TPSA) is 75.6 Å². The van der Waals surface area contributed by atoms with Crippen LogP contribution in [0.5, 0.6) is 0 Å². The molecule has 1 amide bonds. The summed E-state index contributed by atoms with van der Waals surface area (Å²) in [5.74, 6) is -1.84. The van der Waals surface area contributed by atoms with Crippen LogP contribution in [-0.2, 0) is 16.0 Å². The third-order valence-corrected chi connectivity index (χ3v) is 6.14. The highest BCUT2D eigenvalue weighted by molar-refractivity contribution is 9.10. The molecule has 4 rings (SSSR count). The van der Waals surface area contributed by atoms with Gasteiger partial charge < -0.3 is 15.2 Å². The van der Waals surface area contributed by atoms with Crippen molar-refractivity contribution in [1.29, 1.82) is 0 Å². The maximum absolute atomic E-state index is 13.5. The summed E-state index contributed by atoms with van der Waals surface area (Å²) < 4.78 is 19.5. The number of carbonyl (C=O) groups is 2. The minimum absolute atomic E-state index is 0.0792. The molecule has 0 aromatic heterocycles. The smallest absolute Gasteiger partial charge is 0.407 e. The molecule has 0 radical (unpaired) electrons. The summed E-state index contributed by atoms with van der Waals surface area (Å²) in [5, 5.41) is 11.9. The van der Waals surface area contributed by atoms with E-state index in [2.05, 4.69) is 21.2 Å². The fourth-order valence-electron chi connectivity index (χ4n) is 3.90. The number of fused-ring (bicyclic) bond motifs is 3. The highest BCUT2D eigenvalue weighted by atomic mass is 79.9. The van der Waals surface area contributed by atoms with Crippen LogP contribution in [0.15, 0.2) is 71.2 Å². The lowest BCUT2D eigenvalue weighted by Crippen LogP contribution is -2.43. The van der Waals surface area contributed by atoms with Gasteiger partial charge in [-0.1, -0.05) is 64.5 Å². The molecule has 0 saturated carbocycles. The van der Waals surface area contributed by atoms with Gasteiger partial charge in [-0.05, 0) is 46.0 Å². The van der Waals surface area contributed by atoms with Gasteiger partial charge in [-0.25, -0.2) is 14.0 Å². The van der Waals surface area contributed by atoms with E-state index in [9.17, 15) is 19.1 Å². The standard InChI is InChI=1S/C24H19BrFNO4/c25-21-10-9-15(26)11-14(21)12-22(23(28)29)27-24(30)31-13-20-18-7-3-1-5-16(18)17-6-2-4-8-19(17)20/h1-11,20,22H,12-13H2,(H,27,30)(H,28,29)/t22-/m1/s1. The molecule has 0 saturated heterocycles. The minimum atomic E-state index is -1.26. The third kappa shape index (κ3) is 4.46. The van der Waals surface area contributed by atoms with Gasteiger partial charge in [0.05, 0.1) is 0 Å². The first kappa shape index (κ1) is 21.1. The van der Waals surface area contributed by atoms with Gasteiger partial charge in [0.15, 0.2) is 0 Å². The van der Waals surface area contributed by atoms with Crippen molar-refractivity contribution in [1.82, 2.24) is 5.32 Å². The van der Waals surface area contributed by atoms with Crippen molar-refractivity contribution in [2.45, 2.75) is 18.4 Å². The number of ether oxygens (including phenoxy) is 1. The van der Waals surface area contributed by atoms with Crippen molar-refractivity contribution < 1.29 is 23.8 Å². The van der Waals surface area contributed by atoms with E-state index in [0.717, 1.165) is 22.3 Å². The number of benzene rings is 3. The Bertz CT molecular complexity index is 1100. The van der Waals surface area contributed by atoms with E-state index in [1.165, 1.54) is 18.2 Å². The summed E-state index contributed by atoms with van der Waals surface area (Å²) in [6.45, 7) is 0.0792. The summed E-state index contributed by atoms with van der Waals surface area (Å²) in [4.78, 5) is 24.0. The molecule has 2 N–H and O–H groups in total. The maximum atomic E-state index is 13.5. The zero-order valence-corrected chi connectivity index (χ0v) is 17.9. The van der Waals surface area contributed by atoms with Crippen LogP contribution in [0.25, 0.3) is 11.1 Å². The molecule has 1 aliphatic rings. The minimum Gasteiger partial charge on any atom is -0.480 e. The summed E-state index contributed by atoms with van der Waals surface area (Å²) in [6, 6.07) is 18.6. The Hall–Kier alpha value is -3.19. The summed E-state index contributed by atoms with van der Waals surface area (Å²) in [6.07, 6.45) is -0.917. The van der Waals surface area contributed by atoms with Gasteiger partial charge in [-0.2, -0.15) is 0 Å². The lowest BCUT2D eigenvalue weighted by Gasteiger charge is -2.18. The number of halogens is 2. The number of hydrogen-bond donors (Lipinski definition) is 2. The molecule has 5 nitrogen and oxygen atoms in total. The Morgan fingerprint density at radius 3 is 2.26 bits per heavy atom. The first-order chi connectivity index (χ1) is 14.9. The number of alkyl carbamates (subject to hydrolysis) is 1. The molecule has 1 aliphatic carbocycles. The zero-order chi connectivity index (χ0) is 22.0. The zero-order valence-electron chi connectivity index (χ0n) is 16.3. The van der Waals surface area contributed by atoms with E-state index < -0.39 is 23.9 Å². The predicted molar refractivity (Wildman–Crippen MR) is 117 cm³/mol. The maximum Gasteiger partial charge on any atom is 0.407 e. The SMILES string of the molecule is O=C(N[C@H](Cc1cc(F)ccc1Br)C(=O)O)OCC1c2ccccc2-c2ccccc21. The molecule has 3 aromatic rings. The highest BCUT2D eigenvalue weighted by Crippen LogP contribution is 2.44. The molecular formula is C24H19BrFNO4. The number of hydrogen-bond acceptors (Lipinski definition) is 3. The van der Waals surface area contributed by atoms with Gasteiger partial charge in [-0.3, -0.25) is 0 Å². The van der Waals surface area contributed by atoms with Crippen LogP contribution in [0.2, 0.25) is 0 Å². The average Bonchev–Trinajstić information content (AvgIpc) is 3.08. The van der Waals surface area contributed by atoms with Crippen LogP contribution >= 0.6 is 15.9 Å². The van der Waals surface area contributed by atoms with Gasteiger partial charge in [0.1, 0.15) is 18.5 Å². The highest BCUT2D eigenvalue weighted by Gasteiger charge is 2.30. The van der Waals surface area contributed by atoms with E-state index in [1.54, 1.807) is 0 Å². The second-order valence-corrected chi connectivity index (χ2v) is 8.15. The molecule has 0 spiro atoms. The second kappa shape index (κ2) is 8.89. The van der Waals surface area contributed by atoms with Crippen molar-refractivity contribution >= 4 is 28.0 Å². The molecular weight excluding hydrogens is 465 g/mol. The Balaban J connectivity index is 1.45. The molecule has 31 heavy (non-hydrogen) atoms. The average molecular weight is 484 g/mol. The van der Waals surface area contributed by atoms with Crippen LogP contribution in [-0.4, -0.2) is 29.8 Å². The first-order valence-electron chi connectivity index (χ1n) is 9.72. The molecule has 0 heterocycles. The van der Waals surface area contributed by atoms with Crippen molar-refractivity contribution in [3.8, 4) is 11.1 Å². The number of carboxylic acids is 1. The van der Waals surface area contributed by atoms with Crippen molar-refractivity contribution in [3.05, 3.63) is 93.7 Å². The number of aliphatic carboxylic acids is 1. The summed E-state index contributed by atoms with van der Waals surface area (Å²) >= 11 is 3.28. The van der Waals surface area contributed by atoms with E-state index in [1.807, 2.05) is 48.5 Å². The lowest BCUT2D eigenvalue weighted by atomic mass is 9.98. The van der Waals surface area contributed by atoms with Crippen LogP contribution in [0.1, 0.15) is 22.6 Å². The fraction of sp³-hybridized carbons (Fsp3) is 0.167. The molecule has 0 unspecified atom stereocenters. The lowest BCUT2D eigenvalue weighted by molar-refractivity contribution is -0.139. The Morgan fingerprint density at radius 1 is 1.03 bits per heavy atom. The Labute approximate surface area is 187 Å². The number of amides is 1. The largest absolute Gasteiger partial charge is 0.480 e. The predicted octanol–water partition coefficient (Wildman–Crippen LogP) is 5.12. The van der Waals surface area contributed by atoms with Gasteiger partial charge in [-0.15, -0.1) is 0 Å². The van der Waals surface area contributed by atoms with Crippen LogP contribution < -0.4 is 5.32 Å². The van der Waals surface area contributed by atoms with Crippen LogP contribution in [0.3, 0.4) is 0 Å². The van der Waals surface area contributed by atoms with E-state index in [0.29, 0.717) is 10.0 Å². The number of carbonyl (C=O) groups excluding carboxylic acids is 1. The van der Waals surface area contributed by atoms with Crippen molar-refractivity contribution in [2.75, 3.05) is 6.61 Å². The molecule has 0 bridgehead atoms. The molecule has 3 aromatic carbocycles. The number of nitrogens with one attached hydrogen (secondary N) is 1. The second-order valence-electron chi connectivity index (χ2n) is 7.30. The molecule has 0 fully saturated rings. The van der Waals surface area contributed by atoms with Gasteiger partial charge >= 0.3 is 12.1 Å². The molecule has 1 atom stereocenters. The fourth-order valence-corrected chi connectivity index (χ4v) is 4.31. The first-order valence-corrected chi connectivity index (χ1v) is 10.5. The molecule has 0 aliphatic heterocycles. The summed E-state index contributed by atoms with van der Waals surface area (Å²) in [5.41, 5.74) is 4.77. The molecule has 158 valence electrons. The van der Waals surface area contributed by atoms with E-state index in [-0.39, 0.29) is 18.9 Å². The quantitative estimate of drug-likeness (QED) is 0.509. The van der Waals surface area contributed by atoms with Crippen LogP contribution in [0.4, 0.5) is 9.18 Å². The monoisotopic (exact) mass is 483 g/mol. The third-order valence-electron chi connectivity index (χ3n) is 5.37. The number of rotatable bonds is 6. The van der Waals surface area contributed by atoms with Crippen molar-refractivity contribution in [2.24, 2.45) is 0 Å². The van der Waals surface area contributed by atoms with Crippen molar-refractivity contribution in [3.63, 3.8) is 0 Å². The van der Waals surface area contributed by atoms with E-state index in [4.69, 9.17) is 4.74 Å². The summed E-state index contributed by atoms with van der Waals surface area (Å²) in [7, 11) is 0. The number of carboxylic acid groups (broad SMARTS) is 1. The molecule has 7 heteroatoms. The van der Waals surface area contributed by atoms with Gasteiger partial charge in [0, 0.05) is 16.8 Å². The normalized spacial score (nSPS) is 13.2. The Kier molecular flexibility index (Phi) is 6.04. The van der Waals surface area contributed by atoms with Gasteiger partial charge in [0.25, 0.3) is 0 Å².